The zero-order valence-electron chi connectivity index (χ0n) is 4.84. The van der Waals surface area contributed by atoms with Gasteiger partial charge in [0.25, 0.3) is 10.1 Å². The molecule has 0 N–H and O–H groups in total. The van der Waals surface area contributed by atoms with E-state index in [1.54, 1.807) is 13.8 Å². The van der Waals surface area contributed by atoms with Crippen molar-refractivity contribution in [2.24, 2.45) is 0 Å². The molecule has 8 heavy (non-hydrogen) atoms. The maximum Gasteiger partial charge on any atom is 0.270 e. The molecule has 0 aliphatic carbocycles. The molecule has 0 aromatic carbocycles. The Morgan fingerprint density at radius 2 is 1.88 bits per heavy atom. The summed E-state index contributed by atoms with van der Waals surface area (Å²) in [5.74, 6) is 0.153. The van der Waals surface area contributed by atoms with Crippen molar-refractivity contribution < 1.29 is 12.6 Å². The summed E-state index contributed by atoms with van der Waals surface area (Å²) in [7, 11) is -3.09. The summed E-state index contributed by atoms with van der Waals surface area (Å²) in [5.41, 5.74) is -0.432. The van der Waals surface area contributed by atoms with Gasteiger partial charge < -0.3 is 0 Å². The summed E-state index contributed by atoms with van der Waals surface area (Å²) in [6.45, 7) is 3.49. The quantitative estimate of drug-likeness (QED) is 0.444. The largest absolute Gasteiger partial charge is 0.270 e. The molecule has 0 atom stereocenters. The van der Waals surface area contributed by atoms with Crippen molar-refractivity contribution in [3.8, 4) is 0 Å². The highest BCUT2D eigenvalue weighted by Gasteiger charge is 2.41. The third kappa shape index (κ3) is 1.00. The van der Waals surface area contributed by atoms with E-state index in [0.29, 0.717) is 0 Å². The van der Waals surface area contributed by atoms with Gasteiger partial charge in [0.2, 0.25) is 0 Å². The van der Waals surface area contributed by atoms with Crippen LogP contribution in [0, 0.1) is 0 Å². The van der Waals surface area contributed by atoms with Crippen LogP contribution in [0.2, 0.25) is 0 Å². The number of hydrogen-bond donors (Lipinski definition) is 0. The molecule has 0 saturated carbocycles. The van der Waals surface area contributed by atoms with E-state index in [-0.39, 0.29) is 5.75 Å². The van der Waals surface area contributed by atoms with Crippen molar-refractivity contribution in [3.05, 3.63) is 0 Å². The highest BCUT2D eigenvalue weighted by Crippen LogP contribution is 2.26. The molecule has 0 aromatic rings. The lowest BCUT2D eigenvalue weighted by Gasteiger charge is -2.32. The first-order chi connectivity index (χ1) is 3.41. The zero-order chi connectivity index (χ0) is 6.41. The summed E-state index contributed by atoms with van der Waals surface area (Å²) in [6.07, 6.45) is 0. The van der Waals surface area contributed by atoms with Gasteiger partial charge in [0.05, 0.1) is 5.60 Å². The Bertz CT molecular complexity index is 175. The van der Waals surface area contributed by atoms with Crippen molar-refractivity contribution in [3.63, 3.8) is 0 Å². The van der Waals surface area contributed by atoms with E-state index in [1.165, 1.54) is 0 Å². The Labute approximate surface area is 48.8 Å². The second-order valence-corrected chi connectivity index (χ2v) is 4.12. The van der Waals surface area contributed by atoms with Crippen LogP contribution in [0.1, 0.15) is 13.8 Å². The molecule has 3 nitrogen and oxygen atoms in total. The fourth-order valence-electron chi connectivity index (χ4n) is 0.763. The topological polar surface area (TPSA) is 43.4 Å². The van der Waals surface area contributed by atoms with E-state index in [2.05, 4.69) is 4.18 Å². The van der Waals surface area contributed by atoms with E-state index in [4.69, 9.17) is 0 Å². The van der Waals surface area contributed by atoms with Crippen molar-refractivity contribution in [2.75, 3.05) is 5.75 Å². The first kappa shape index (κ1) is 6.04. The molecule has 0 aromatic heterocycles. The fourth-order valence-corrected chi connectivity index (χ4v) is 2.29. The normalized spacial score (nSPS) is 31.2. The fraction of sp³-hybridized carbons (Fsp3) is 1.00. The maximum atomic E-state index is 10.3. The average Bonchev–Trinajstić information content (AvgIpc) is 1.20. The molecule has 4 heteroatoms. The predicted molar refractivity (Wildman–Crippen MR) is 29.0 cm³/mol. The van der Waals surface area contributed by atoms with Gasteiger partial charge in [0, 0.05) is 0 Å². The lowest BCUT2D eigenvalue weighted by atomic mass is 10.2. The first-order valence-electron chi connectivity index (χ1n) is 2.35. The van der Waals surface area contributed by atoms with Gasteiger partial charge in [0.15, 0.2) is 0 Å². The molecule has 1 heterocycles. The van der Waals surface area contributed by atoms with E-state index in [0.717, 1.165) is 0 Å². The molecule has 1 aliphatic heterocycles. The highest BCUT2D eigenvalue weighted by molar-refractivity contribution is 7.88. The Morgan fingerprint density at radius 3 is 1.88 bits per heavy atom. The van der Waals surface area contributed by atoms with Crippen LogP contribution < -0.4 is 0 Å². The molecular formula is C4H8O3S. The lowest BCUT2D eigenvalue weighted by Crippen LogP contribution is -2.47. The van der Waals surface area contributed by atoms with Crippen LogP contribution in [-0.4, -0.2) is 19.8 Å². The molecule has 0 bridgehead atoms. The Balaban J connectivity index is 2.68. The minimum absolute atomic E-state index is 0.153. The van der Waals surface area contributed by atoms with Crippen molar-refractivity contribution in [2.45, 2.75) is 19.4 Å². The molecule has 0 radical (unpaired) electrons. The van der Waals surface area contributed by atoms with E-state index in [9.17, 15) is 8.42 Å². The lowest BCUT2D eigenvalue weighted by molar-refractivity contribution is 0.0926. The van der Waals surface area contributed by atoms with Crippen LogP contribution in [0.5, 0.6) is 0 Å². The summed E-state index contributed by atoms with van der Waals surface area (Å²) in [5, 5.41) is 0. The van der Waals surface area contributed by atoms with E-state index < -0.39 is 15.7 Å². The molecule has 0 unspecified atom stereocenters. The van der Waals surface area contributed by atoms with Crippen molar-refractivity contribution >= 4 is 10.1 Å². The Hall–Kier alpha value is -0.0900. The monoisotopic (exact) mass is 136 g/mol. The van der Waals surface area contributed by atoms with Crippen molar-refractivity contribution in [1.82, 2.24) is 0 Å². The van der Waals surface area contributed by atoms with Crippen LogP contribution >= 0.6 is 0 Å². The highest BCUT2D eigenvalue weighted by atomic mass is 32.2. The first-order valence-corrected chi connectivity index (χ1v) is 3.92. The van der Waals surface area contributed by atoms with Gasteiger partial charge >= 0.3 is 0 Å². The van der Waals surface area contributed by atoms with Gasteiger partial charge in [0.1, 0.15) is 5.75 Å². The van der Waals surface area contributed by atoms with Crippen LogP contribution in [0.15, 0.2) is 0 Å². The van der Waals surface area contributed by atoms with Gasteiger partial charge in [-0.1, -0.05) is 0 Å². The second kappa shape index (κ2) is 1.25. The third-order valence-corrected chi connectivity index (χ3v) is 2.63. The molecule has 48 valence electrons. The minimum atomic E-state index is -3.09. The summed E-state index contributed by atoms with van der Waals surface area (Å²) in [4.78, 5) is 0. The maximum absolute atomic E-state index is 10.3. The summed E-state index contributed by atoms with van der Waals surface area (Å²) >= 11 is 0. The summed E-state index contributed by atoms with van der Waals surface area (Å²) < 4.78 is 25.0. The van der Waals surface area contributed by atoms with E-state index >= 15 is 0 Å². The molecule has 1 aliphatic rings. The van der Waals surface area contributed by atoms with Crippen molar-refractivity contribution in [1.29, 1.82) is 0 Å². The molecule has 0 amide bonds. The van der Waals surface area contributed by atoms with Gasteiger partial charge in [-0.25, -0.2) is 0 Å². The summed E-state index contributed by atoms with van der Waals surface area (Å²) in [6, 6.07) is 0. The van der Waals surface area contributed by atoms with Gasteiger partial charge in [-0.3, -0.25) is 4.18 Å². The van der Waals surface area contributed by atoms with Crippen LogP contribution in [0.25, 0.3) is 0 Å². The van der Waals surface area contributed by atoms with E-state index in [1.807, 2.05) is 0 Å². The SMILES string of the molecule is CC1(C)CS(=O)(=O)O1. The van der Waals surface area contributed by atoms with Gasteiger partial charge in [-0.15, -0.1) is 0 Å². The Morgan fingerprint density at radius 1 is 1.50 bits per heavy atom. The standard InChI is InChI=1S/C4H8O3S/c1-4(2)3-8(5,6)7-4/h3H2,1-2H3. The average molecular weight is 136 g/mol. The molecule has 1 saturated heterocycles. The van der Waals surface area contributed by atoms with Gasteiger partial charge in [-0.2, -0.15) is 8.42 Å². The van der Waals surface area contributed by atoms with Crippen LogP contribution in [0.3, 0.4) is 0 Å². The second-order valence-electron chi connectivity index (χ2n) is 2.55. The smallest absolute Gasteiger partial charge is 0.263 e. The number of hydrogen-bond acceptors (Lipinski definition) is 3. The van der Waals surface area contributed by atoms with Crippen LogP contribution in [-0.2, 0) is 14.3 Å². The molecular weight excluding hydrogens is 128 g/mol. The number of rotatable bonds is 0. The predicted octanol–water partition coefficient (Wildman–Crippen LogP) is 0.125. The third-order valence-electron chi connectivity index (χ3n) is 0.877. The van der Waals surface area contributed by atoms with Crippen LogP contribution in [0.4, 0.5) is 0 Å². The van der Waals surface area contributed by atoms with Gasteiger partial charge in [-0.05, 0) is 13.8 Å². The molecule has 1 rings (SSSR count). The molecule has 0 spiro atoms. The molecule has 1 fully saturated rings. The zero-order valence-corrected chi connectivity index (χ0v) is 5.66. The minimum Gasteiger partial charge on any atom is -0.263 e. The Kier molecular flexibility index (Phi) is 0.941.